The highest BCUT2D eigenvalue weighted by molar-refractivity contribution is 5.89. The lowest BCUT2D eigenvalue weighted by Crippen LogP contribution is -2.34. The van der Waals surface area contributed by atoms with Crippen molar-refractivity contribution in [3.63, 3.8) is 0 Å². The lowest BCUT2D eigenvalue weighted by Gasteiger charge is -2.25. The number of carbonyl (C=O) groups is 2. The molecule has 6 aromatic rings. The van der Waals surface area contributed by atoms with Gasteiger partial charge in [0.05, 0.1) is 23.6 Å². The first-order valence-electron chi connectivity index (χ1n) is 18.9. The minimum atomic E-state index is -0.359. The molecule has 2 unspecified atom stereocenters. The van der Waals surface area contributed by atoms with Crippen molar-refractivity contribution in [1.29, 1.82) is 0 Å². The smallest absolute Gasteiger partial charge is 0.308 e. The van der Waals surface area contributed by atoms with Crippen molar-refractivity contribution in [2.75, 3.05) is 47.4 Å². The van der Waals surface area contributed by atoms with Gasteiger partial charge < -0.3 is 43.9 Å². The zero-order chi connectivity index (χ0) is 39.1. The van der Waals surface area contributed by atoms with Gasteiger partial charge >= 0.3 is 11.9 Å². The predicted molar refractivity (Wildman–Crippen MR) is 214 cm³/mol. The largest absolute Gasteiger partial charge is 0.493 e. The summed E-state index contributed by atoms with van der Waals surface area (Å²) in [5, 5.41) is 6.11. The molecule has 0 aliphatic heterocycles. The summed E-state index contributed by atoms with van der Waals surface area (Å²) in [4.78, 5) is 48.1. The second kappa shape index (κ2) is 17.9. The third-order valence-electron chi connectivity index (χ3n) is 10.4. The van der Waals surface area contributed by atoms with Gasteiger partial charge in [-0.1, -0.05) is 0 Å². The number of esters is 2. The number of hydrogen-bond acceptors (Lipinski definition) is 11. The number of likely N-dealkylation sites (N-methyl/N-ethyl adjacent to an activating group) is 3. The molecule has 0 saturated carbocycles. The number of aromatic nitrogens is 6. The molecule has 6 rings (SSSR count). The van der Waals surface area contributed by atoms with Crippen molar-refractivity contribution in [3.8, 4) is 17.2 Å². The Morgan fingerprint density at radius 2 is 1.45 bits per heavy atom. The molecule has 0 aliphatic carbocycles. The molecule has 0 amide bonds. The molecule has 0 spiro atoms. The van der Waals surface area contributed by atoms with Crippen molar-refractivity contribution in [3.05, 3.63) is 72.1 Å². The fourth-order valence-electron chi connectivity index (χ4n) is 7.00. The van der Waals surface area contributed by atoms with Gasteiger partial charge in [0.1, 0.15) is 34.2 Å². The summed E-state index contributed by atoms with van der Waals surface area (Å²) in [6, 6.07) is 6.10. The minimum absolute atomic E-state index is 0.226. The molecule has 292 valence electrons. The van der Waals surface area contributed by atoms with Gasteiger partial charge in [-0.15, -0.1) is 0 Å². The minimum Gasteiger partial charge on any atom is -0.493 e. The van der Waals surface area contributed by atoms with Crippen LogP contribution >= 0.6 is 0 Å². The van der Waals surface area contributed by atoms with Crippen LogP contribution in [0.2, 0.25) is 0 Å². The molecule has 0 saturated heterocycles. The summed E-state index contributed by atoms with van der Waals surface area (Å²) in [5.41, 5.74) is 5.82. The fourth-order valence-corrected chi connectivity index (χ4v) is 7.00. The van der Waals surface area contributed by atoms with Gasteiger partial charge in [-0.05, 0) is 96.0 Å². The maximum Gasteiger partial charge on any atom is 0.308 e. The molecule has 0 aromatic carbocycles. The Balaban J connectivity index is 1.04. The summed E-state index contributed by atoms with van der Waals surface area (Å²) in [5.74, 6) is 1.11. The average molecular weight is 752 g/mol. The number of hydrogen-bond donors (Lipinski definition) is 3. The molecule has 55 heavy (non-hydrogen) atoms. The quantitative estimate of drug-likeness (QED) is 0.0925. The first-order chi connectivity index (χ1) is 26.5. The van der Waals surface area contributed by atoms with Crippen molar-refractivity contribution < 1.29 is 23.8 Å². The number of nitrogens with one attached hydrogen (secondary N) is 3. The first kappa shape index (κ1) is 39.4. The van der Waals surface area contributed by atoms with Crippen LogP contribution in [0.4, 0.5) is 0 Å². The van der Waals surface area contributed by atoms with Crippen molar-refractivity contribution in [1.82, 2.24) is 44.6 Å². The van der Waals surface area contributed by atoms with Gasteiger partial charge in [-0.25, -0.2) is 15.0 Å². The number of H-pyrrole nitrogens is 2. The standard InChI is InChI=1S/C41H53N9O5/c1-26(48(6)17-11-31-22-46-40-38(31)36(10-16-44-40)55-29(4)52)13-19-53-35-9-15-43-39-37(35)30(21-45-39)12-18-49(7)27(2)24-50-25-32(8-14-42-5)34-20-33(54-28(3)51)23-47-41(34)50/h9-10,15-16,20-23,25-27,42H,8,11-14,17-19,24H2,1-7H3,(H,43,45)(H,44,46). The zero-order valence-electron chi connectivity index (χ0n) is 32.9. The molecule has 3 N–H and O–H groups in total. The normalized spacial score (nSPS) is 13.0. The molecule has 0 bridgehead atoms. The molecule has 0 fully saturated rings. The molecule has 14 heteroatoms. The van der Waals surface area contributed by atoms with E-state index >= 15 is 0 Å². The number of rotatable bonds is 19. The Morgan fingerprint density at radius 3 is 2.09 bits per heavy atom. The highest BCUT2D eigenvalue weighted by Crippen LogP contribution is 2.30. The summed E-state index contributed by atoms with van der Waals surface area (Å²) >= 11 is 0. The number of ether oxygens (including phenoxy) is 3. The van der Waals surface area contributed by atoms with Crippen molar-refractivity contribution >= 4 is 45.0 Å². The number of pyridine rings is 3. The lowest BCUT2D eigenvalue weighted by atomic mass is 10.1. The lowest BCUT2D eigenvalue weighted by molar-refractivity contribution is -0.132. The van der Waals surface area contributed by atoms with Crippen molar-refractivity contribution in [2.45, 2.75) is 72.0 Å². The Bertz CT molecular complexity index is 2240. The van der Waals surface area contributed by atoms with E-state index in [0.29, 0.717) is 23.8 Å². The highest BCUT2D eigenvalue weighted by atomic mass is 16.5. The van der Waals surface area contributed by atoms with Crippen LogP contribution in [0.1, 0.15) is 50.8 Å². The summed E-state index contributed by atoms with van der Waals surface area (Å²) in [6.07, 6.45) is 14.5. The zero-order valence-corrected chi connectivity index (χ0v) is 32.9. The van der Waals surface area contributed by atoms with Gasteiger partial charge in [-0.3, -0.25) is 9.59 Å². The number of fused-ring (bicyclic) bond motifs is 3. The highest BCUT2D eigenvalue weighted by Gasteiger charge is 2.19. The van der Waals surface area contributed by atoms with Crippen LogP contribution in [-0.4, -0.2) is 111 Å². The molecule has 2 atom stereocenters. The average Bonchev–Trinajstić information content (AvgIpc) is 3.87. The maximum absolute atomic E-state index is 11.7. The van der Waals surface area contributed by atoms with Gasteiger partial charge in [0, 0.05) is 88.0 Å². The van der Waals surface area contributed by atoms with Crippen LogP contribution in [-0.2, 0) is 35.4 Å². The van der Waals surface area contributed by atoms with Crippen LogP contribution in [0.15, 0.2) is 55.4 Å². The molecule has 14 nitrogen and oxygen atoms in total. The van der Waals surface area contributed by atoms with E-state index in [1.807, 2.05) is 31.6 Å². The summed E-state index contributed by atoms with van der Waals surface area (Å²) in [6.45, 7) is 11.1. The Labute approximate surface area is 321 Å². The van der Waals surface area contributed by atoms with Crippen LogP contribution in [0.25, 0.3) is 33.1 Å². The molecule has 0 radical (unpaired) electrons. The predicted octanol–water partition coefficient (Wildman–Crippen LogP) is 5.30. The maximum atomic E-state index is 11.7. The van der Waals surface area contributed by atoms with E-state index in [1.54, 1.807) is 24.7 Å². The summed E-state index contributed by atoms with van der Waals surface area (Å²) < 4.78 is 19.4. The number of nitrogens with zero attached hydrogens (tertiary/aromatic N) is 6. The monoisotopic (exact) mass is 751 g/mol. The van der Waals surface area contributed by atoms with Gasteiger partial charge in [0.2, 0.25) is 0 Å². The van der Waals surface area contributed by atoms with E-state index in [0.717, 1.165) is 90.6 Å². The third-order valence-corrected chi connectivity index (χ3v) is 10.4. The molecule has 6 heterocycles. The molecular formula is C41H53N9O5. The van der Waals surface area contributed by atoms with Gasteiger partial charge in [-0.2, -0.15) is 0 Å². The topological polar surface area (TPSA) is 156 Å². The van der Waals surface area contributed by atoms with Gasteiger partial charge in [0.15, 0.2) is 0 Å². The molecule has 0 aliphatic rings. The van der Waals surface area contributed by atoms with Gasteiger partial charge in [0.25, 0.3) is 0 Å². The number of carbonyl (C=O) groups excluding carboxylic acids is 2. The van der Waals surface area contributed by atoms with E-state index in [-0.39, 0.29) is 24.0 Å². The second-order valence-electron chi connectivity index (χ2n) is 14.4. The van der Waals surface area contributed by atoms with E-state index in [4.69, 9.17) is 19.2 Å². The SMILES string of the molecule is CNCCc1cn(CC(C)N(C)CCc2c[nH]c3nccc(OCCC(C)N(C)CCc4c[nH]c5nccc(OC(C)=O)c45)c23)c2ncc(OC(C)=O)cc12. The van der Waals surface area contributed by atoms with Crippen LogP contribution < -0.4 is 19.5 Å². The Morgan fingerprint density at radius 1 is 0.836 bits per heavy atom. The first-order valence-corrected chi connectivity index (χ1v) is 18.9. The molecule has 6 aromatic heterocycles. The van der Waals surface area contributed by atoms with E-state index in [2.05, 4.69) is 73.8 Å². The number of aromatic amines is 2. The fraction of sp³-hybridized carbons (Fsp3) is 0.439. The van der Waals surface area contributed by atoms with Crippen LogP contribution in [0.5, 0.6) is 17.2 Å². The second-order valence-corrected chi connectivity index (χ2v) is 14.4. The van der Waals surface area contributed by atoms with E-state index < -0.39 is 0 Å². The summed E-state index contributed by atoms with van der Waals surface area (Å²) in [7, 11) is 6.22. The Hall–Kier alpha value is -5.31. The molecular weight excluding hydrogens is 699 g/mol. The Kier molecular flexibility index (Phi) is 12.8. The van der Waals surface area contributed by atoms with Crippen LogP contribution in [0, 0.1) is 0 Å². The van der Waals surface area contributed by atoms with Crippen molar-refractivity contribution in [2.24, 2.45) is 0 Å². The third kappa shape index (κ3) is 9.50. The van der Waals surface area contributed by atoms with E-state index in [9.17, 15) is 9.59 Å². The van der Waals surface area contributed by atoms with E-state index in [1.165, 1.54) is 25.0 Å². The van der Waals surface area contributed by atoms with Crippen LogP contribution in [0.3, 0.4) is 0 Å².